The summed E-state index contributed by atoms with van der Waals surface area (Å²) < 4.78 is 41.2. The summed E-state index contributed by atoms with van der Waals surface area (Å²) in [7, 11) is 1.52. The average Bonchev–Trinajstić information content (AvgIpc) is 2.29. The van der Waals surface area contributed by atoms with E-state index in [0.717, 1.165) is 6.42 Å². The van der Waals surface area contributed by atoms with E-state index in [9.17, 15) is 13.2 Å². The minimum Gasteiger partial charge on any atom is -0.380 e. The third-order valence-corrected chi connectivity index (χ3v) is 2.30. The lowest BCUT2D eigenvalue weighted by Gasteiger charge is -2.13. The van der Waals surface area contributed by atoms with Gasteiger partial charge in [0.1, 0.15) is 0 Å². The van der Waals surface area contributed by atoms with Gasteiger partial charge >= 0.3 is 6.18 Å². The Morgan fingerprint density at radius 3 is 2.25 bits per heavy atom. The first-order valence-electron chi connectivity index (χ1n) is 6.44. The Labute approximate surface area is 136 Å². The maximum Gasteiger partial charge on any atom is 0.390 e. The van der Waals surface area contributed by atoms with Crippen LogP contribution in [0.25, 0.3) is 0 Å². The van der Waals surface area contributed by atoms with Gasteiger partial charge in [-0.2, -0.15) is 13.2 Å². The van der Waals surface area contributed by atoms with Crippen LogP contribution in [0.15, 0.2) is 4.99 Å². The topological polar surface area (TPSA) is 45.7 Å². The van der Waals surface area contributed by atoms with Gasteiger partial charge in [-0.1, -0.05) is 13.8 Å². The van der Waals surface area contributed by atoms with Crippen molar-refractivity contribution < 1.29 is 17.9 Å². The normalized spacial score (nSPS) is 12.2. The predicted octanol–water partition coefficient (Wildman–Crippen LogP) is 2.78. The molecule has 0 radical (unpaired) electrons. The van der Waals surface area contributed by atoms with Gasteiger partial charge in [-0.3, -0.25) is 4.99 Å². The molecule has 0 heterocycles. The van der Waals surface area contributed by atoms with Crippen LogP contribution >= 0.6 is 24.0 Å². The van der Waals surface area contributed by atoms with E-state index in [-0.39, 0.29) is 30.5 Å². The van der Waals surface area contributed by atoms with Crippen molar-refractivity contribution in [1.29, 1.82) is 0 Å². The summed E-state index contributed by atoms with van der Waals surface area (Å²) in [5.74, 6) is 0.960. The molecule has 0 amide bonds. The largest absolute Gasteiger partial charge is 0.390 e. The second-order valence-corrected chi connectivity index (χ2v) is 4.59. The van der Waals surface area contributed by atoms with Crippen LogP contribution in [-0.4, -0.2) is 45.5 Å². The lowest BCUT2D eigenvalue weighted by molar-refractivity contribution is -0.132. The number of nitrogens with one attached hydrogen (secondary N) is 2. The molecule has 0 spiro atoms. The van der Waals surface area contributed by atoms with Crippen molar-refractivity contribution in [2.75, 3.05) is 33.4 Å². The van der Waals surface area contributed by atoms with Crippen LogP contribution in [0.4, 0.5) is 13.2 Å². The molecule has 0 rings (SSSR count). The molecule has 0 aliphatic carbocycles. The second kappa shape index (κ2) is 12.5. The molecule has 0 aromatic rings. The Kier molecular flexibility index (Phi) is 13.8. The fourth-order valence-corrected chi connectivity index (χ4v) is 1.21. The third kappa shape index (κ3) is 15.8. The van der Waals surface area contributed by atoms with Crippen molar-refractivity contribution in [3.05, 3.63) is 0 Å². The molecule has 0 atom stereocenters. The molecule has 0 aliphatic heterocycles. The van der Waals surface area contributed by atoms with Crippen molar-refractivity contribution in [3.63, 3.8) is 0 Å². The minimum atomic E-state index is -4.15. The van der Waals surface area contributed by atoms with Crippen LogP contribution < -0.4 is 10.6 Å². The maximum atomic E-state index is 11.9. The van der Waals surface area contributed by atoms with Gasteiger partial charge in [0.2, 0.25) is 0 Å². The summed E-state index contributed by atoms with van der Waals surface area (Å²) in [4.78, 5) is 3.83. The van der Waals surface area contributed by atoms with Crippen LogP contribution in [0, 0.1) is 5.92 Å². The van der Waals surface area contributed by atoms with Gasteiger partial charge in [0.15, 0.2) is 5.96 Å². The molecule has 0 saturated heterocycles. The molecule has 2 N–H and O–H groups in total. The molecule has 20 heavy (non-hydrogen) atoms. The molecule has 0 aromatic heterocycles. The number of alkyl halides is 3. The smallest absolute Gasteiger partial charge is 0.380 e. The van der Waals surface area contributed by atoms with E-state index < -0.39 is 12.6 Å². The second-order valence-electron chi connectivity index (χ2n) is 4.59. The number of nitrogens with zero attached hydrogens (tertiary/aromatic N) is 1. The summed E-state index contributed by atoms with van der Waals surface area (Å²) in [6.45, 7) is 5.77. The first kappa shape index (κ1) is 22.0. The molecule has 0 unspecified atom stereocenters. The maximum absolute atomic E-state index is 11.9. The van der Waals surface area contributed by atoms with E-state index in [0.29, 0.717) is 31.6 Å². The van der Waals surface area contributed by atoms with E-state index in [1.807, 2.05) is 0 Å². The molecule has 0 saturated carbocycles. The molecule has 122 valence electrons. The van der Waals surface area contributed by atoms with E-state index in [4.69, 9.17) is 4.74 Å². The highest BCUT2D eigenvalue weighted by atomic mass is 127. The number of guanidine groups is 1. The molecule has 4 nitrogen and oxygen atoms in total. The van der Waals surface area contributed by atoms with Gasteiger partial charge < -0.3 is 15.4 Å². The number of rotatable bonds is 8. The monoisotopic (exact) mass is 411 g/mol. The zero-order valence-electron chi connectivity index (χ0n) is 12.2. The lowest BCUT2D eigenvalue weighted by Crippen LogP contribution is -2.40. The van der Waals surface area contributed by atoms with E-state index in [1.54, 1.807) is 0 Å². The number of hydrogen-bond donors (Lipinski definition) is 2. The van der Waals surface area contributed by atoms with Crippen LogP contribution in [-0.2, 0) is 4.74 Å². The molecular formula is C12H25F3IN3O. The van der Waals surface area contributed by atoms with Crippen molar-refractivity contribution in [2.24, 2.45) is 10.9 Å². The highest BCUT2D eigenvalue weighted by molar-refractivity contribution is 14.0. The summed E-state index contributed by atoms with van der Waals surface area (Å²) in [5, 5.41) is 5.49. The van der Waals surface area contributed by atoms with Gasteiger partial charge in [-0.05, 0) is 12.3 Å². The van der Waals surface area contributed by atoms with Crippen LogP contribution in [0.2, 0.25) is 0 Å². The first-order chi connectivity index (χ1) is 8.85. The van der Waals surface area contributed by atoms with Crippen LogP contribution in [0.1, 0.15) is 26.7 Å². The van der Waals surface area contributed by atoms with Crippen molar-refractivity contribution in [2.45, 2.75) is 32.9 Å². The van der Waals surface area contributed by atoms with Crippen molar-refractivity contribution >= 4 is 29.9 Å². The molecule has 0 aliphatic rings. The molecule has 0 aromatic carbocycles. The number of ether oxygens (including phenoxy) is 1. The van der Waals surface area contributed by atoms with Crippen LogP contribution in [0.3, 0.4) is 0 Å². The van der Waals surface area contributed by atoms with Gasteiger partial charge in [0.25, 0.3) is 0 Å². The zero-order valence-corrected chi connectivity index (χ0v) is 14.5. The number of hydrogen-bond acceptors (Lipinski definition) is 2. The van der Waals surface area contributed by atoms with E-state index >= 15 is 0 Å². The average molecular weight is 411 g/mol. The molecular weight excluding hydrogens is 386 g/mol. The highest BCUT2D eigenvalue weighted by Crippen LogP contribution is 2.17. The van der Waals surface area contributed by atoms with Crippen molar-refractivity contribution in [3.8, 4) is 0 Å². The Morgan fingerprint density at radius 2 is 1.75 bits per heavy atom. The Balaban J connectivity index is 0. The molecule has 0 bridgehead atoms. The SMILES string of the molecule is CN=C(NCCOCCC(C)C)NCCC(F)(F)F.I. The summed E-state index contributed by atoms with van der Waals surface area (Å²) in [5.41, 5.74) is 0. The summed E-state index contributed by atoms with van der Waals surface area (Å²) in [6.07, 6.45) is -4.02. The fraction of sp³-hybridized carbons (Fsp3) is 0.917. The Bertz CT molecular complexity index is 261. The number of halogens is 4. The standard InChI is InChI=1S/C12H24F3N3O.HI/c1-10(2)4-8-19-9-7-18-11(16-3)17-6-5-12(13,14)15;/h10H,4-9H2,1-3H3,(H2,16,17,18);1H. The highest BCUT2D eigenvalue weighted by Gasteiger charge is 2.26. The van der Waals surface area contributed by atoms with Crippen LogP contribution in [0.5, 0.6) is 0 Å². The minimum absolute atomic E-state index is 0. The van der Waals surface area contributed by atoms with E-state index in [1.165, 1.54) is 7.05 Å². The summed E-state index contributed by atoms with van der Waals surface area (Å²) in [6, 6.07) is 0. The van der Waals surface area contributed by atoms with Gasteiger partial charge in [0.05, 0.1) is 13.0 Å². The van der Waals surface area contributed by atoms with E-state index in [2.05, 4.69) is 29.5 Å². The Morgan fingerprint density at radius 1 is 1.15 bits per heavy atom. The molecule has 0 fully saturated rings. The zero-order chi connectivity index (χ0) is 14.7. The van der Waals surface area contributed by atoms with Gasteiger partial charge in [-0.15, -0.1) is 24.0 Å². The summed E-state index contributed by atoms with van der Waals surface area (Å²) >= 11 is 0. The van der Waals surface area contributed by atoms with Crippen molar-refractivity contribution in [1.82, 2.24) is 10.6 Å². The van der Waals surface area contributed by atoms with Gasteiger partial charge in [0, 0.05) is 26.7 Å². The van der Waals surface area contributed by atoms with Gasteiger partial charge in [-0.25, -0.2) is 0 Å². The molecule has 8 heteroatoms. The quantitative estimate of drug-likeness (QED) is 0.280. The first-order valence-corrected chi connectivity index (χ1v) is 6.44. The Hall–Kier alpha value is -0.250. The lowest BCUT2D eigenvalue weighted by atomic mass is 10.1. The fourth-order valence-electron chi connectivity index (χ4n) is 1.21. The predicted molar refractivity (Wildman–Crippen MR) is 85.7 cm³/mol. The third-order valence-electron chi connectivity index (χ3n) is 2.30. The number of aliphatic imine (C=N–C) groups is 1.